The molecular formula is C19H22N4O6S. The average molecular weight is 434 g/mol. The van der Waals surface area contributed by atoms with Crippen molar-refractivity contribution in [2.24, 2.45) is 5.10 Å². The second-order valence-corrected chi connectivity index (χ2v) is 8.40. The molecule has 1 aliphatic rings. The quantitative estimate of drug-likeness (QED) is 0.403. The normalized spacial score (nSPS) is 15.6. The molecule has 1 aliphatic heterocycles. The van der Waals surface area contributed by atoms with Crippen molar-refractivity contribution in [3.8, 4) is 5.75 Å². The first-order valence-corrected chi connectivity index (χ1v) is 10.6. The van der Waals surface area contributed by atoms with Gasteiger partial charge in [0.15, 0.2) is 0 Å². The fourth-order valence-electron chi connectivity index (χ4n) is 3.00. The zero-order chi connectivity index (χ0) is 21.7. The predicted molar refractivity (Wildman–Crippen MR) is 112 cm³/mol. The molecule has 0 spiro atoms. The Balaban J connectivity index is 1.90. The number of nitrogens with one attached hydrogen (secondary N) is 1. The van der Waals surface area contributed by atoms with Crippen molar-refractivity contribution in [2.75, 3.05) is 38.8 Å². The molecule has 0 atom stereocenters. The number of nitro benzene ring substituents is 1. The lowest BCUT2D eigenvalue weighted by Gasteiger charge is -2.26. The van der Waals surface area contributed by atoms with Gasteiger partial charge in [-0.25, -0.2) is 8.42 Å². The number of hydrazone groups is 1. The van der Waals surface area contributed by atoms with Crippen LogP contribution < -0.4 is 10.2 Å². The molecule has 2 aromatic carbocycles. The zero-order valence-corrected chi connectivity index (χ0v) is 17.4. The van der Waals surface area contributed by atoms with Crippen molar-refractivity contribution in [1.82, 2.24) is 4.31 Å². The highest BCUT2D eigenvalue weighted by Crippen LogP contribution is 2.29. The van der Waals surface area contributed by atoms with E-state index in [2.05, 4.69) is 10.5 Å². The summed E-state index contributed by atoms with van der Waals surface area (Å²) in [6, 6.07) is 10.9. The third-order valence-corrected chi connectivity index (χ3v) is 6.51. The van der Waals surface area contributed by atoms with Crippen LogP contribution in [0, 0.1) is 10.1 Å². The van der Waals surface area contributed by atoms with Crippen molar-refractivity contribution in [3.63, 3.8) is 0 Å². The van der Waals surface area contributed by atoms with Gasteiger partial charge in [0.2, 0.25) is 10.0 Å². The van der Waals surface area contributed by atoms with E-state index in [0.29, 0.717) is 11.5 Å². The summed E-state index contributed by atoms with van der Waals surface area (Å²) in [6.45, 7) is 2.72. The number of benzene rings is 2. The van der Waals surface area contributed by atoms with Gasteiger partial charge in [0.1, 0.15) is 11.4 Å². The third kappa shape index (κ3) is 4.58. The largest absolute Gasteiger partial charge is 0.496 e. The molecule has 1 heterocycles. The Morgan fingerprint density at radius 2 is 1.93 bits per heavy atom. The van der Waals surface area contributed by atoms with Gasteiger partial charge in [0.25, 0.3) is 5.69 Å². The molecule has 160 valence electrons. The van der Waals surface area contributed by atoms with Gasteiger partial charge in [-0.15, -0.1) is 0 Å². The maximum absolute atomic E-state index is 12.8. The third-order valence-electron chi connectivity index (χ3n) is 4.61. The number of nitrogens with zero attached hydrogens (tertiary/aromatic N) is 3. The van der Waals surface area contributed by atoms with Gasteiger partial charge in [-0.1, -0.05) is 12.1 Å². The highest BCUT2D eigenvalue weighted by Gasteiger charge is 2.28. The Bertz CT molecular complexity index is 1060. The molecule has 0 bridgehead atoms. The summed E-state index contributed by atoms with van der Waals surface area (Å²) in [5.74, 6) is 0.613. The number of sulfonamides is 1. The predicted octanol–water partition coefficient (Wildman–Crippen LogP) is 2.46. The molecule has 2 aromatic rings. The molecule has 0 radical (unpaired) electrons. The minimum absolute atomic E-state index is 0.0789. The fraction of sp³-hybridized carbons (Fsp3) is 0.316. The Labute approximate surface area is 174 Å². The Morgan fingerprint density at radius 3 is 2.60 bits per heavy atom. The number of anilines is 1. The average Bonchev–Trinajstić information content (AvgIpc) is 2.77. The van der Waals surface area contributed by atoms with Crippen molar-refractivity contribution < 1.29 is 22.8 Å². The number of morpholine rings is 1. The molecule has 0 unspecified atom stereocenters. The summed E-state index contributed by atoms with van der Waals surface area (Å²) in [5.41, 5.74) is 3.63. The van der Waals surface area contributed by atoms with Gasteiger partial charge < -0.3 is 9.47 Å². The SMILES string of the molecule is COc1ccccc1C(C)=NNc1ccc(S(=O)(=O)N2CCOCC2)cc1[N+](=O)[O-]. The van der Waals surface area contributed by atoms with E-state index in [4.69, 9.17) is 9.47 Å². The maximum Gasteiger partial charge on any atom is 0.295 e. The van der Waals surface area contributed by atoms with Crippen molar-refractivity contribution in [2.45, 2.75) is 11.8 Å². The first kappa shape index (κ1) is 21.7. The van der Waals surface area contributed by atoms with Crippen LogP contribution in [0.15, 0.2) is 52.5 Å². The van der Waals surface area contributed by atoms with Crippen LogP contribution >= 0.6 is 0 Å². The molecule has 0 aromatic heterocycles. The number of nitro groups is 1. The fourth-order valence-corrected chi connectivity index (χ4v) is 4.43. The number of para-hydroxylation sites is 1. The van der Waals surface area contributed by atoms with Crippen LogP contribution in [0.1, 0.15) is 12.5 Å². The molecule has 1 saturated heterocycles. The van der Waals surface area contributed by atoms with Crippen LogP contribution in [0.4, 0.5) is 11.4 Å². The van der Waals surface area contributed by atoms with Gasteiger partial charge in [0.05, 0.1) is 35.9 Å². The Hall–Kier alpha value is -3.02. The molecule has 3 rings (SSSR count). The van der Waals surface area contributed by atoms with Gasteiger partial charge in [0, 0.05) is 24.7 Å². The highest BCUT2D eigenvalue weighted by molar-refractivity contribution is 7.89. The summed E-state index contributed by atoms with van der Waals surface area (Å²) in [6.07, 6.45) is 0. The van der Waals surface area contributed by atoms with E-state index in [1.807, 2.05) is 18.2 Å². The van der Waals surface area contributed by atoms with Crippen LogP contribution in [-0.4, -0.2) is 56.8 Å². The van der Waals surface area contributed by atoms with E-state index in [9.17, 15) is 18.5 Å². The van der Waals surface area contributed by atoms with E-state index in [-0.39, 0.29) is 42.6 Å². The summed E-state index contributed by atoms with van der Waals surface area (Å²) in [5, 5.41) is 15.8. The van der Waals surface area contributed by atoms with Crippen molar-refractivity contribution in [3.05, 3.63) is 58.1 Å². The van der Waals surface area contributed by atoms with E-state index in [1.165, 1.54) is 23.5 Å². The Morgan fingerprint density at radius 1 is 1.23 bits per heavy atom. The monoisotopic (exact) mass is 434 g/mol. The first-order valence-electron chi connectivity index (χ1n) is 9.14. The lowest BCUT2D eigenvalue weighted by Crippen LogP contribution is -2.40. The number of ether oxygens (including phenoxy) is 2. The van der Waals surface area contributed by atoms with Gasteiger partial charge in [-0.3, -0.25) is 15.5 Å². The molecule has 1 N–H and O–H groups in total. The van der Waals surface area contributed by atoms with Gasteiger partial charge in [-0.2, -0.15) is 9.41 Å². The molecule has 1 fully saturated rings. The summed E-state index contributed by atoms with van der Waals surface area (Å²) >= 11 is 0. The number of rotatable bonds is 7. The van der Waals surface area contributed by atoms with Crippen molar-refractivity contribution >= 4 is 27.1 Å². The summed E-state index contributed by atoms with van der Waals surface area (Å²) in [4.78, 5) is 10.8. The first-order chi connectivity index (χ1) is 14.3. The molecule has 0 amide bonds. The summed E-state index contributed by atoms with van der Waals surface area (Å²) in [7, 11) is -2.31. The van der Waals surface area contributed by atoms with Crippen LogP contribution in [0.25, 0.3) is 0 Å². The molecule has 10 nitrogen and oxygen atoms in total. The van der Waals surface area contributed by atoms with Crippen molar-refractivity contribution in [1.29, 1.82) is 0 Å². The minimum Gasteiger partial charge on any atom is -0.496 e. The second kappa shape index (κ2) is 9.20. The molecule has 30 heavy (non-hydrogen) atoms. The van der Waals surface area contributed by atoms with E-state index >= 15 is 0 Å². The van der Waals surface area contributed by atoms with Crippen LogP contribution in [0.2, 0.25) is 0 Å². The smallest absolute Gasteiger partial charge is 0.295 e. The Kier molecular flexibility index (Phi) is 6.65. The minimum atomic E-state index is -3.85. The standard InChI is InChI=1S/C19H22N4O6S/c1-14(16-5-3-4-6-19(16)28-2)20-21-17-8-7-15(13-18(17)23(24)25)30(26,27)22-9-11-29-12-10-22/h3-8,13,21H,9-12H2,1-2H3. The topological polar surface area (TPSA) is 123 Å². The van der Waals surface area contributed by atoms with E-state index in [1.54, 1.807) is 13.0 Å². The number of hydrogen-bond donors (Lipinski definition) is 1. The second-order valence-electron chi connectivity index (χ2n) is 6.46. The molecule has 0 aliphatic carbocycles. The molecular weight excluding hydrogens is 412 g/mol. The van der Waals surface area contributed by atoms with Gasteiger partial charge >= 0.3 is 0 Å². The molecule has 11 heteroatoms. The molecule has 0 saturated carbocycles. The lowest BCUT2D eigenvalue weighted by atomic mass is 10.1. The lowest BCUT2D eigenvalue weighted by molar-refractivity contribution is -0.384. The van der Waals surface area contributed by atoms with E-state index < -0.39 is 14.9 Å². The maximum atomic E-state index is 12.8. The van der Waals surface area contributed by atoms with Crippen LogP contribution in [0.5, 0.6) is 5.75 Å². The summed E-state index contributed by atoms with van der Waals surface area (Å²) < 4.78 is 37.3. The van der Waals surface area contributed by atoms with Gasteiger partial charge in [-0.05, 0) is 31.2 Å². The van der Waals surface area contributed by atoms with Crippen LogP contribution in [-0.2, 0) is 14.8 Å². The number of methoxy groups -OCH3 is 1. The number of hydrogen-bond acceptors (Lipinski definition) is 8. The highest BCUT2D eigenvalue weighted by atomic mass is 32.2. The zero-order valence-electron chi connectivity index (χ0n) is 16.6. The van der Waals surface area contributed by atoms with E-state index in [0.717, 1.165) is 11.6 Å². The van der Waals surface area contributed by atoms with Crippen LogP contribution in [0.3, 0.4) is 0 Å².